The average Bonchev–Trinajstić information content (AvgIpc) is 3.20. The fraction of sp³-hybridized carbons (Fsp3) is 0.588. The lowest BCUT2D eigenvalue weighted by molar-refractivity contribution is -0.122. The largest absolute Gasteiger partial charge is 0.348 e. The predicted octanol–water partition coefficient (Wildman–Crippen LogP) is 3.22. The first-order valence-electron chi connectivity index (χ1n) is 7.62. The number of amides is 1. The zero-order valence-corrected chi connectivity index (χ0v) is 14.0. The molecule has 2 rings (SSSR count). The highest BCUT2D eigenvalue weighted by Gasteiger charge is 2.33. The van der Waals surface area contributed by atoms with Crippen LogP contribution in [0.2, 0.25) is 0 Å². The van der Waals surface area contributed by atoms with Crippen LogP contribution in [0.5, 0.6) is 0 Å². The monoisotopic (exact) mass is 310 g/mol. The summed E-state index contributed by atoms with van der Waals surface area (Å²) in [6.07, 6.45) is 3.48. The van der Waals surface area contributed by atoms with Crippen molar-refractivity contribution in [3.63, 3.8) is 0 Å². The Hall–Kier alpha value is -1.06. The average molecular weight is 311 g/mol. The molecule has 1 aromatic carbocycles. The Balaban J connectivity index is 0.00000220. The summed E-state index contributed by atoms with van der Waals surface area (Å²) in [5, 5.41) is 3.09. The van der Waals surface area contributed by atoms with Gasteiger partial charge < -0.3 is 11.1 Å². The Morgan fingerprint density at radius 2 is 1.81 bits per heavy atom. The number of nitrogens with one attached hydrogen (secondary N) is 1. The van der Waals surface area contributed by atoms with Crippen LogP contribution >= 0.6 is 12.4 Å². The van der Waals surface area contributed by atoms with E-state index in [1.807, 2.05) is 0 Å². The molecule has 0 saturated heterocycles. The van der Waals surface area contributed by atoms with Gasteiger partial charge in [0.1, 0.15) is 0 Å². The zero-order chi connectivity index (χ0) is 14.7. The van der Waals surface area contributed by atoms with Crippen molar-refractivity contribution in [2.75, 3.05) is 0 Å². The third-order valence-electron chi connectivity index (χ3n) is 3.79. The van der Waals surface area contributed by atoms with E-state index in [0.29, 0.717) is 11.8 Å². The molecule has 0 bridgehead atoms. The summed E-state index contributed by atoms with van der Waals surface area (Å²) in [6.45, 7) is 6.18. The molecule has 0 aliphatic heterocycles. The molecule has 2 atom stereocenters. The summed E-state index contributed by atoms with van der Waals surface area (Å²) in [4.78, 5) is 11.8. The van der Waals surface area contributed by atoms with Gasteiger partial charge in [0.2, 0.25) is 5.91 Å². The lowest BCUT2D eigenvalue weighted by atomic mass is 9.97. The van der Waals surface area contributed by atoms with Crippen molar-refractivity contribution in [1.82, 2.24) is 5.32 Å². The first-order valence-corrected chi connectivity index (χ1v) is 7.62. The van der Waals surface area contributed by atoms with Crippen LogP contribution in [-0.2, 0) is 11.2 Å². The third-order valence-corrected chi connectivity index (χ3v) is 3.79. The maximum atomic E-state index is 11.8. The Morgan fingerprint density at radius 3 is 2.24 bits per heavy atom. The van der Waals surface area contributed by atoms with E-state index in [1.54, 1.807) is 6.92 Å². The molecule has 0 radical (unpaired) electrons. The molecule has 0 aromatic heterocycles. The highest BCUT2D eigenvalue weighted by molar-refractivity contribution is 5.85. The predicted molar refractivity (Wildman–Crippen MR) is 89.5 cm³/mol. The van der Waals surface area contributed by atoms with Crippen LogP contribution in [0.1, 0.15) is 50.8 Å². The molecule has 0 spiro atoms. The van der Waals surface area contributed by atoms with E-state index in [4.69, 9.17) is 5.73 Å². The second-order valence-electron chi connectivity index (χ2n) is 6.45. The molecule has 3 N–H and O–H groups in total. The van der Waals surface area contributed by atoms with Crippen molar-refractivity contribution >= 4 is 18.3 Å². The van der Waals surface area contributed by atoms with Crippen molar-refractivity contribution in [2.45, 2.75) is 52.1 Å². The van der Waals surface area contributed by atoms with Crippen LogP contribution < -0.4 is 11.1 Å². The standard InChI is InChI=1S/C17H26N2O.ClH/c1-11(2)10-13-4-6-14(7-5-13)16(15-8-9-15)19-17(20)12(3)18;/h4-7,11-12,15-16H,8-10,18H2,1-3H3,(H,19,20);1H/t12-,16?;/m1./s1. The molecule has 118 valence electrons. The molecule has 1 aromatic rings. The van der Waals surface area contributed by atoms with E-state index in [2.05, 4.69) is 43.4 Å². The molecule has 1 aliphatic carbocycles. The van der Waals surface area contributed by atoms with Crippen LogP contribution in [-0.4, -0.2) is 11.9 Å². The van der Waals surface area contributed by atoms with Crippen LogP contribution in [0.25, 0.3) is 0 Å². The van der Waals surface area contributed by atoms with Gasteiger partial charge in [-0.15, -0.1) is 12.4 Å². The molecule has 4 heteroatoms. The number of benzene rings is 1. The Bertz CT molecular complexity index is 452. The topological polar surface area (TPSA) is 55.1 Å². The molecule has 1 aliphatic rings. The van der Waals surface area contributed by atoms with Gasteiger partial charge in [-0.2, -0.15) is 0 Å². The first-order chi connectivity index (χ1) is 9.47. The maximum absolute atomic E-state index is 11.8. The molecule has 3 nitrogen and oxygen atoms in total. The third kappa shape index (κ3) is 5.33. The number of hydrogen-bond acceptors (Lipinski definition) is 2. The van der Waals surface area contributed by atoms with Crippen LogP contribution in [0.3, 0.4) is 0 Å². The number of rotatable bonds is 6. The molecule has 1 unspecified atom stereocenters. The fourth-order valence-electron chi connectivity index (χ4n) is 2.52. The van der Waals surface area contributed by atoms with Crippen LogP contribution in [0.15, 0.2) is 24.3 Å². The molecule has 0 heterocycles. The summed E-state index contributed by atoms with van der Waals surface area (Å²) in [5.41, 5.74) is 8.21. The molecule has 1 amide bonds. The second-order valence-corrected chi connectivity index (χ2v) is 6.45. The van der Waals surface area contributed by atoms with Crippen molar-refractivity contribution in [2.24, 2.45) is 17.6 Å². The minimum atomic E-state index is -0.448. The minimum absolute atomic E-state index is 0. The Kier molecular flexibility index (Phi) is 6.69. The quantitative estimate of drug-likeness (QED) is 0.847. The van der Waals surface area contributed by atoms with E-state index in [9.17, 15) is 4.79 Å². The number of hydrogen-bond donors (Lipinski definition) is 2. The van der Waals surface area contributed by atoms with Gasteiger partial charge in [-0.1, -0.05) is 38.1 Å². The summed E-state index contributed by atoms with van der Waals surface area (Å²) < 4.78 is 0. The minimum Gasteiger partial charge on any atom is -0.348 e. The second kappa shape index (κ2) is 7.81. The normalized spacial score (nSPS) is 17.0. The number of carbonyl (C=O) groups is 1. The maximum Gasteiger partial charge on any atom is 0.237 e. The van der Waals surface area contributed by atoms with Gasteiger partial charge in [-0.25, -0.2) is 0 Å². The Labute approximate surface area is 134 Å². The molecular formula is C17H27ClN2O. The number of nitrogens with two attached hydrogens (primary N) is 1. The molecule has 1 saturated carbocycles. The summed E-state index contributed by atoms with van der Waals surface area (Å²) >= 11 is 0. The van der Waals surface area contributed by atoms with Gasteiger partial charge in [-0.3, -0.25) is 4.79 Å². The lowest BCUT2D eigenvalue weighted by Gasteiger charge is -2.20. The van der Waals surface area contributed by atoms with E-state index in [-0.39, 0.29) is 24.4 Å². The van der Waals surface area contributed by atoms with E-state index < -0.39 is 6.04 Å². The van der Waals surface area contributed by atoms with Gasteiger partial charge in [0, 0.05) is 0 Å². The molecule has 1 fully saturated rings. The molecule has 21 heavy (non-hydrogen) atoms. The van der Waals surface area contributed by atoms with Gasteiger partial charge in [0.25, 0.3) is 0 Å². The van der Waals surface area contributed by atoms with Crippen LogP contribution in [0, 0.1) is 11.8 Å². The number of halogens is 1. The first kappa shape index (κ1) is 18.0. The van der Waals surface area contributed by atoms with Crippen molar-refractivity contribution in [3.8, 4) is 0 Å². The lowest BCUT2D eigenvalue weighted by Crippen LogP contribution is -2.40. The van der Waals surface area contributed by atoms with Crippen molar-refractivity contribution < 1.29 is 4.79 Å². The van der Waals surface area contributed by atoms with E-state index in [1.165, 1.54) is 24.0 Å². The van der Waals surface area contributed by atoms with Gasteiger partial charge in [0.05, 0.1) is 12.1 Å². The molecular weight excluding hydrogens is 284 g/mol. The zero-order valence-electron chi connectivity index (χ0n) is 13.1. The van der Waals surface area contributed by atoms with Gasteiger partial charge in [0.15, 0.2) is 0 Å². The summed E-state index contributed by atoms with van der Waals surface area (Å²) in [5.74, 6) is 1.18. The van der Waals surface area contributed by atoms with Gasteiger partial charge in [-0.05, 0) is 49.1 Å². The Morgan fingerprint density at radius 1 is 1.24 bits per heavy atom. The van der Waals surface area contributed by atoms with Crippen molar-refractivity contribution in [3.05, 3.63) is 35.4 Å². The summed E-state index contributed by atoms with van der Waals surface area (Å²) in [6, 6.07) is 8.36. The van der Waals surface area contributed by atoms with E-state index in [0.717, 1.165) is 6.42 Å². The number of carbonyl (C=O) groups excluding carboxylic acids is 1. The van der Waals surface area contributed by atoms with Crippen LogP contribution in [0.4, 0.5) is 0 Å². The van der Waals surface area contributed by atoms with Crippen molar-refractivity contribution in [1.29, 1.82) is 0 Å². The SMILES string of the molecule is CC(C)Cc1ccc(C(NC(=O)[C@@H](C)N)C2CC2)cc1.Cl. The van der Waals surface area contributed by atoms with E-state index >= 15 is 0 Å². The highest BCUT2D eigenvalue weighted by atomic mass is 35.5. The highest BCUT2D eigenvalue weighted by Crippen LogP contribution is 2.41. The smallest absolute Gasteiger partial charge is 0.237 e. The fourth-order valence-corrected chi connectivity index (χ4v) is 2.52. The van der Waals surface area contributed by atoms with Gasteiger partial charge >= 0.3 is 0 Å². The summed E-state index contributed by atoms with van der Waals surface area (Å²) in [7, 11) is 0.